The van der Waals surface area contributed by atoms with E-state index in [9.17, 15) is 18.8 Å². The van der Waals surface area contributed by atoms with Crippen LogP contribution in [-0.4, -0.2) is 76.7 Å². The molecule has 2 aromatic rings. The van der Waals surface area contributed by atoms with Gasteiger partial charge in [-0.1, -0.05) is 0 Å². The van der Waals surface area contributed by atoms with Crippen LogP contribution in [0.3, 0.4) is 0 Å². The Hall–Kier alpha value is -3.29. The number of nitrogens with zero attached hydrogens (tertiary/aromatic N) is 4. The van der Waals surface area contributed by atoms with E-state index in [1.165, 1.54) is 24.3 Å². The van der Waals surface area contributed by atoms with Crippen LogP contribution in [0.2, 0.25) is 0 Å². The molecule has 2 fully saturated rings. The number of rotatable bonds is 3. The van der Waals surface area contributed by atoms with Crippen molar-refractivity contribution in [2.45, 2.75) is 32.6 Å². The van der Waals surface area contributed by atoms with Crippen LogP contribution in [0.4, 0.5) is 4.39 Å². The van der Waals surface area contributed by atoms with Gasteiger partial charge in [-0.3, -0.25) is 19.4 Å². The maximum absolute atomic E-state index is 13.3. The van der Waals surface area contributed by atoms with Crippen LogP contribution in [0, 0.1) is 12.7 Å². The van der Waals surface area contributed by atoms with Gasteiger partial charge in [0.1, 0.15) is 5.82 Å². The fourth-order valence-corrected chi connectivity index (χ4v) is 4.59. The molecule has 1 aromatic heterocycles. The molecule has 0 N–H and O–H groups in total. The second-order valence-corrected chi connectivity index (χ2v) is 8.76. The van der Waals surface area contributed by atoms with E-state index in [0.717, 1.165) is 11.4 Å². The lowest BCUT2D eigenvalue weighted by Crippen LogP contribution is -2.50. The van der Waals surface area contributed by atoms with Crippen LogP contribution in [-0.2, 0) is 4.79 Å². The zero-order valence-electron chi connectivity index (χ0n) is 19.1. The van der Waals surface area contributed by atoms with Gasteiger partial charge in [-0.15, -0.1) is 0 Å². The number of halogens is 1. The number of carbonyl (C=O) groups is 3. The van der Waals surface area contributed by atoms with Crippen LogP contribution in [0.15, 0.2) is 36.4 Å². The molecule has 0 saturated carbocycles. The van der Waals surface area contributed by atoms with Crippen molar-refractivity contribution in [1.82, 2.24) is 19.7 Å². The Morgan fingerprint density at radius 1 is 0.818 bits per heavy atom. The molecular weight excluding hydrogens is 423 g/mol. The number of likely N-dealkylation sites (tertiary alicyclic amines) is 1. The average Bonchev–Trinajstić information content (AvgIpc) is 2.84. The van der Waals surface area contributed by atoms with Crippen molar-refractivity contribution < 1.29 is 18.8 Å². The van der Waals surface area contributed by atoms with Crippen LogP contribution in [0.25, 0.3) is 0 Å². The largest absolute Gasteiger partial charge is 0.339 e. The highest BCUT2D eigenvalue weighted by Gasteiger charge is 2.31. The van der Waals surface area contributed by atoms with Gasteiger partial charge in [0.25, 0.3) is 11.8 Å². The highest BCUT2D eigenvalue weighted by molar-refractivity contribution is 5.96. The summed E-state index contributed by atoms with van der Waals surface area (Å²) in [5, 5.41) is 0. The van der Waals surface area contributed by atoms with Crippen LogP contribution < -0.4 is 0 Å². The maximum Gasteiger partial charge on any atom is 0.255 e. The fraction of sp³-hybridized carbons (Fsp3) is 0.440. The molecule has 8 heteroatoms. The summed E-state index contributed by atoms with van der Waals surface area (Å²) in [6.45, 7) is 6.68. The molecule has 2 saturated heterocycles. The molecule has 0 aliphatic carbocycles. The van der Waals surface area contributed by atoms with Crippen molar-refractivity contribution in [3.8, 4) is 0 Å². The van der Waals surface area contributed by atoms with Gasteiger partial charge in [-0.2, -0.15) is 0 Å². The van der Waals surface area contributed by atoms with Gasteiger partial charge in [0, 0.05) is 63.4 Å². The van der Waals surface area contributed by atoms with Gasteiger partial charge in [-0.25, -0.2) is 4.39 Å². The predicted octanol–water partition coefficient (Wildman–Crippen LogP) is 2.85. The Bertz CT molecular complexity index is 1040. The Kier molecular flexibility index (Phi) is 6.72. The molecule has 2 aliphatic heterocycles. The third kappa shape index (κ3) is 5.05. The van der Waals surface area contributed by atoms with E-state index in [0.29, 0.717) is 63.2 Å². The summed E-state index contributed by atoms with van der Waals surface area (Å²) in [5.41, 5.74) is 2.74. The van der Waals surface area contributed by atoms with E-state index in [1.54, 1.807) is 21.6 Å². The number of piperazine rings is 1. The number of hydrogen-bond donors (Lipinski definition) is 0. The van der Waals surface area contributed by atoms with Crippen molar-refractivity contribution >= 4 is 17.7 Å². The quantitative estimate of drug-likeness (QED) is 0.718. The van der Waals surface area contributed by atoms with Gasteiger partial charge >= 0.3 is 0 Å². The molecule has 3 heterocycles. The molecule has 4 rings (SSSR count). The number of carbonyl (C=O) groups excluding carboxylic acids is 3. The van der Waals surface area contributed by atoms with Gasteiger partial charge in [0.2, 0.25) is 5.91 Å². The molecule has 0 bridgehead atoms. The summed E-state index contributed by atoms with van der Waals surface area (Å²) >= 11 is 0. The molecule has 1 aromatic carbocycles. The number of piperidine rings is 1. The van der Waals surface area contributed by atoms with E-state index < -0.39 is 0 Å². The third-order valence-corrected chi connectivity index (χ3v) is 6.57. The lowest BCUT2D eigenvalue weighted by atomic mass is 9.89. The third-order valence-electron chi connectivity index (χ3n) is 6.57. The molecule has 0 radical (unpaired) electrons. The number of aryl methyl sites for hydroxylation is 1. The standard InChI is InChI=1S/C25H29FN4O3/c1-17-3-8-22(25(33)30-15-13-28(14-16-30)18(2)31)23(27-17)19-9-11-29(12-10-19)24(32)20-4-6-21(26)7-5-20/h3-8,19H,9-16H2,1-2H3. The number of hydrogen-bond acceptors (Lipinski definition) is 4. The zero-order chi connectivity index (χ0) is 23.5. The zero-order valence-corrected chi connectivity index (χ0v) is 19.1. The minimum atomic E-state index is -0.365. The molecule has 174 valence electrons. The van der Waals surface area contributed by atoms with Crippen molar-refractivity contribution in [1.29, 1.82) is 0 Å². The Labute approximate surface area is 193 Å². The second kappa shape index (κ2) is 9.68. The fourth-order valence-electron chi connectivity index (χ4n) is 4.59. The molecule has 0 atom stereocenters. The summed E-state index contributed by atoms with van der Waals surface area (Å²) < 4.78 is 13.2. The lowest BCUT2D eigenvalue weighted by molar-refractivity contribution is -0.130. The molecule has 33 heavy (non-hydrogen) atoms. The number of benzene rings is 1. The summed E-state index contributed by atoms with van der Waals surface area (Å²) in [6.07, 6.45) is 1.42. The number of amides is 3. The average molecular weight is 453 g/mol. The van der Waals surface area contributed by atoms with E-state index in [-0.39, 0.29) is 29.5 Å². The second-order valence-electron chi connectivity index (χ2n) is 8.76. The normalized spacial score (nSPS) is 17.2. The Balaban J connectivity index is 1.45. The van der Waals surface area contributed by atoms with Crippen LogP contribution in [0.5, 0.6) is 0 Å². The molecule has 7 nitrogen and oxygen atoms in total. The number of pyridine rings is 1. The van der Waals surface area contributed by atoms with E-state index in [4.69, 9.17) is 4.98 Å². The topological polar surface area (TPSA) is 73.8 Å². The summed E-state index contributed by atoms with van der Waals surface area (Å²) in [5.74, 6) is -0.409. The van der Waals surface area contributed by atoms with Crippen molar-refractivity contribution in [2.75, 3.05) is 39.3 Å². The highest BCUT2D eigenvalue weighted by Crippen LogP contribution is 2.31. The molecular formula is C25H29FN4O3. The summed E-state index contributed by atoms with van der Waals surface area (Å²) in [7, 11) is 0. The van der Waals surface area contributed by atoms with Gasteiger partial charge in [0.05, 0.1) is 11.3 Å². The maximum atomic E-state index is 13.3. The SMILES string of the molecule is CC(=O)N1CCN(C(=O)c2ccc(C)nc2C2CCN(C(=O)c3ccc(F)cc3)CC2)CC1. The summed E-state index contributed by atoms with van der Waals surface area (Å²) in [4.78, 5) is 47.7. The Morgan fingerprint density at radius 2 is 1.39 bits per heavy atom. The van der Waals surface area contributed by atoms with Gasteiger partial charge in [-0.05, 0) is 56.2 Å². The number of aromatic nitrogens is 1. The molecule has 0 unspecified atom stereocenters. The first kappa shape index (κ1) is 22.9. The Morgan fingerprint density at radius 3 is 2.00 bits per heavy atom. The van der Waals surface area contributed by atoms with Crippen LogP contribution >= 0.6 is 0 Å². The van der Waals surface area contributed by atoms with Gasteiger partial charge < -0.3 is 14.7 Å². The highest BCUT2D eigenvalue weighted by atomic mass is 19.1. The van der Waals surface area contributed by atoms with E-state index in [1.807, 2.05) is 19.1 Å². The summed E-state index contributed by atoms with van der Waals surface area (Å²) in [6, 6.07) is 9.32. The predicted molar refractivity (Wildman–Crippen MR) is 121 cm³/mol. The molecule has 0 spiro atoms. The van der Waals surface area contributed by atoms with E-state index >= 15 is 0 Å². The van der Waals surface area contributed by atoms with Crippen LogP contribution in [0.1, 0.15) is 57.8 Å². The lowest BCUT2D eigenvalue weighted by Gasteiger charge is -2.35. The first-order valence-corrected chi connectivity index (χ1v) is 11.4. The van der Waals surface area contributed by atoms with E-state index in [2.05, 4.69) is 0 Å². The first-order valence-electron chi connectivity index (χ1n) is 11.4. The monoisotopic (exact) mass is 452 g/mol. The minimum absolute atomic E-state index is 0.0294. The smallest absolute Gasteiger partial charge is 0.255 e. The van der Waals surface area contributed by atoms with Crippen molar-refractivity contribution in [3.05, 3.63) is 64.7 Å². The first-order chi connectivity index (χ1) is 15.8. The van der Waals surface area contributed by atoms with Crippen molar-refractivity contribution in [2.24, 2.45) is 0 Å². The van der Waals surface area contributed by atoms with Gasteiger partial charge in [0.15, 0.2) is 0 Å². The minimum Gasteiger partial charge on any atom is -0.339 e. The van der Waals surface area contributed by atoms with Crippen molar-refractivity contribution in [3.63, 3.8) is 0 Å². The molecule has 2 aliphatic rings. The molecule has 3 amide bonds.